The second-order valence-electron chi connectivity index (χ2n) is 4.63. The zero-order valence-corrected chi connectivity index (χ0v) is 11.5. The number of rotatable bonds is 6. The zero-order valence-electron chi connectivity index (χ0n) is 11.5. The van der Waals surface area contributed by atoms with Crippen molar-refractivity contribution in [2.45, 2.75) is 25.3 Å². The van der Waals surface area contributed by atoms with E-state index in [9.17, 15) is 4.79 Å². The number of ether oxygens (including phenoxy) is 1. The van der Waals surface area contributed by atoms with Crippen molar-refractivity contribution in [2.75, 3.05) is 7.11 Å². The van der Waals surface area contributed by atoms with Crippen LogP contribution in [0.25, 0.3) is 5.69 Å². The third kappa shape index (κ3) is 3.68. The molecule has 20 heavy (non-hydrogen) atoms. The maximum atomic E-state index is 11.0. The Morgan fingerprint density at radius 3 is 2.85 bits per heavy atom. The first kappa shape index (κ1) is 14.3. The first-order valence-electron chi connectivity index (χ1n) is 6.63. The van der Waals surface area contributed by atoms with Crippen LogP contribution in [0.1, 0.15) is 30.9 Å². The van der Waals surface area contributed by atoms with Gasteiger partial charge in [-0.15, -0.1) is 0 Å². The number of aromatic nitrogens is 2. The van der Waals surface area contributed by atoms with Gasteiger partial charge in [-0.2, -0.15) is 5.10 Å². The van der Waals surface area contributed by atoms with Crippen LogP contribution in [0.4, 0.5) is 0 Å². The van der Waals surface area contributed by atoms with E-state index in [2.05, 4.69) is 9.84 Å². The number of para-hydroxylation sites is 1. The lowest BCUT2D eigenvalue weighted by atomic mass is 10.1. The maximum Gasteiger partial charge on any atom is 0.305 e. The summed E-state index contributed by atoms with van der Waals surface area (Å²) in [4.78, 5) is 11.0. The Morgan fingerprint density at radius 2 is 2.15 bits per heavy atom. The van der Waals surface area contributed by atoms with Gasteiger partial charge >= 0.3 is 5.97 Å². The van der Waals surface area contributed by atoms with Gasteiger partial charge in [0.05, 0.1) is 19.0 Å². The van der Waals surface area contributed by atoms with E-state index in [4.69, 9.17) is 5.73 Å². The van der Waals surface area contributed by atoms with Gasteiger partial charge in [0.25, 0.3) is 0 Å². The molecule has 1 aromatic heterocycles. The Labute approximate surface area is 118 Å². The number of hydrogen-bond donors (Lipinski definition) is 1. The van der Waals surface area contributed by atoms with E-state index in [0.717, 1.165) is 17.7 Å². The van der Waals surface area contributed by atoms with Crippen LogP contribution in [0.5, 0.6) is 0 Å². The molecule has 1 aromatic carbocycles. The standard InChI is InChI=1S/C15H19N3O2/c1-20-15(19)9-5-8-14(16)12-10-17-18(11-12)13-6-3-2-4-7-13/h2-4,6-7,10-11,14H,5,8-9,16H2,1H3. The van der Waals surface area contributed by atoms with Gasteiger partial charge < -0.3 is 10.5 Å². The molecule has 1 atom stereocenters. The number of nitrogens with zero attached hydrogens (tertiary/aromatic N) is 2. The largest absolute Gasteiger partial charge is 0.469 e. The van der Waals surface area contributed by atoms with Gasteiger partial charge in [0, 0.05) is 24.2 Å². The summed E-state index contributed by atoms with van der Waals surface area (Å²) in [5.41, 5.74) is 8.08. The molecule has 0 radical (unpaired) electrons. The predicted molar refractivity (Wildman–Crippen MR) is 76.4 cm³/mol. The molecule has 0 amide bonds. The topological polar surface area (TPSA) is 70.1 Å². The maximum absolute atomic E-state index is 11.0. The van der Waals surface area contributed by atoms with Crippen LogP contribution in [0, 0.1) is 0 Å². The number of nitrogens with two attached hydrogens (primary N) is 1. The Morgan fingerprint density at radius 1 is 1.40 bits per heavy atom. The lowest BCUT2D eigenvalue weighted by Gasteiger charge is -2.08. The normalized spacial score (nSPS) is 12.1. The van der Waals surface area contributed by atoms with E-state index >= 15 is 0 Å². The molecular formula is C15H19N3O2. The smallest absolute Gasteiger partial charge is 0.305 e. The van der Waals surface area contributed by atoms with Crippen molar-refractivity contribution >= 4 is 5.97 Å². The lowest BCUT2D eigenvalue weighted by molar-refractivity contribution is -0.140. The average molecular weight is 273 g/mol. The molecular weight excluding hydrogens is 254 g/mol. The molecule has 106 valence electrons. The number of hydrogen-bond acceptors (Lipinski definition) is 4. The molecule has 0 saturated heterocycles. The molecule has 5 heteroatoms. The van der Waals surface area contributed by atoms with Gasteiger partial charge in [-0.25, -0.2) is 4.68 Å². The van der Waals surface area contributed by atoms with E-state index < -0.39 is 0 Å². The van der Waals surface area contributed by atoms with Crippen molar-refractivity contribution in [3.63, 3.8) is 0 Å². The summed E-state index contributed by atoms with van der Waals surface area (Å²) in [6.07, 6.45) is 5.55. The van der Waals surface area contributed by atoms with Crippen molar-refractivity contribution < 1.29 is 9.53 Å². The zero-order chi connectivity index (χ0) is 14.4. The summed E-state index contributed by atoms with van der Waals surface area (Å²) in [5, 5.41) is 4.31. The Hall–Kier alpha value is -2.14. The molecule has 5 nitrogen and oxygen atoms in total. The highest BCUT2D eigenvalue weighted by atomic mass is 16.5. The van der Waals surface area contributed by atoms with Crippen LogP contribution < -0.4 is 5.73 Å². The second kappa shape index (κ2) is 6.86. The van der Waals surface area contributed by atoms with Gasteiger partial charge in [0.15, 0.2) is 0 Å². The van der Waals surface area contributed by atoms with Crippen LogP contribution in [-0.2, 0) is 9.53 Å². The highest BCUT2D eigenvalue weighted by molar-refractivity contribution is 5.68. The van der Waals surface area contributed by atoms with Crippen LogP contribution >= 0.6 is 0 Å². The SMILES string of the molecule is COC(=O)CCCC(N)c1cnn(-c2ccccc2)c1. The van der Waals surface area contributed by atoms with E-state index in [1.54, 1.807) is 10.9 Å². The summed E-state index contributed by atoms with van der Waals surface area (Å²) >= 11 is 0. The van der Waals surface area contributed by atoms with E-state index in [0.29, 0.717) is 12.8 Å². The minimum atomic E-state index is -0.197. The minimum Gasteiger partial charge on any atom is -0.469 e. The van der Waals surface area contributed by atoms with Gasteiger partial charge in [-0.1, -0.05) is 18.2 Å². The van der Waals surface area contributed by atoms with E-state index in [-0.39, 0.29) is 12.0 Å². The van der Waals surface area contributed by atoms with Gasteiger partial charge in [0.1, 0.15) is 0 Å². The summed E-state index contributed by atoms with van der Waals surface area (Å²) < 4.78 is 6.40. The van der Waals surface area contributed by atoms with Crippen LogP contribution in [0.15, 0.2) is 42.7 Å². The highest BCUT2D eigenvalue weighted by Crippen LogP contribution is 2.17. The number of benzene rings is 1. The first-order valence-corrected chi connectivity index (χ1v) is 6.63. The van der Waals surface area contributed by atoms with Crippen molar-refractivity contribution in [3.8, 4) is 5.69 Å². The molecule has 2 aromatic rings. The van der Waals surface area contributed by atoms with Crippen molar-refractivity contribution in [3.05, 3.63) is 48.3 Å². The fourth-order valence-electron chi connectivity index (χ4n) is 1.99. The summed E-state index contributed by atoms with van der Waals surface area (Å²) in [5.74, 6) is -0.197. The fraction of sp³-hybridized carbons (Fsp3) is 0.333. The number of carbonyl (C=O) groups excluding carboxylic acids is 1. The van der Waals surface area contributed by atoms with Crippen molar-refractivity contribution in [2.24, 2.45) is 5.73 Å². The Balaban J connectivity index is 1.93. The molecule has 0 fully saturated rings. The predicted octanol–water partition coefficient (Wildman–Crippen LogP) is 2.22. The molecule has 0 spiro atoms. The third-order valence-corrected chi connectivity index (χ3v) is 3.18. The monoisotopic (exact) mass is 273 g/mol. The van der Waals surface area contributed by atoms with Crippen LogP contribution in [0.3, 0.4) is 0 Å². The average Bonchev–Trinajstić information content (AvgIpc) is 2.97. The second-order valence-corrected chi connectivity index (χ2v) is 4.63. The molecule has 1 unspecified atom stereocenters. The number of methoxy groups -OCH3 is 1. The fourth-order valence-corrected chi connectivity index (χ4v) is 1.99. The molecule has 2 N–H and O–H groups in total. The van der Waals surface area contributed by atoms with Crippen molar-refractivity contribution in [1.82, 2.24) is 9.78 Å². The summed E-state index contributed by atoms with van der Waals surface area (Å²) in [6, 6.07) is 9.75. The van der Waals surface area contributed by atoms with Gasteiger partial charge in [-0.3, -0.25) is 4.79 Å². The molecule has 1 heterocycles. The van der Waals surface area contributed by atoms with E-state index in [1.165, 1.54) is 7.11 Å². The number of esters is 1. The lowest BCUT2D eigenvalue weighted by Crippen LogP contribution is -2.10. The summed E-state index contributed by atoms with van der Waals surface area (Å²) in [6.45, 7) is 0. The van der Waals surface area contributed by atoms with Crippen molar-refractivity contribution in [1.29, 1.82) is 0 Å². The van der Waals surface area contributed by atoms with Gasteiger partial charge in [0.2, 0.25) is 0 Å². The third-order valence-electron chi connectivity index (χ3n) is 3.18. The number of carbonyl (C=O) groups is 1. The van der Waals surface area contributed by atoms with Gasteiger partial charge in [-0.05, 0) is 25.0 Å². The molecule has 0 aliphatic rings. The first-order chi connectivity index (χ1) is 9.70. The molecule has 2 rings (SSSR count). The quantitative estimate of drug-likeness (QED) is 0.819. The van der Waals surface area contributed by atoms with E-state index in [1.807, 2.05) is 36.5 Å². The van der Waals surface area contributed by atoms with Crippen LogP contribution in [0.2, 0.25) is 0 Å². The molecule has 0 bridgehead atoms. The molecule has 0 saturated carbocycles. The Bertz CT molecular complexity index is 551. The minimum absolute atomic E-state index is 0.114. The summed E-state index contributed by atoms with van der Waals surface area (Å²) in [7, 11) is 1.39. The molecule has 0 aliphatic carbocycles. The van der Waals surface area contributed by atoms with Crippen LogP contribution in [-0.4, -0.2) is 22.9 Å². The Kier molecular flexibility index (Phi) is 4.90. The highest BCUT2D eigenvalue weighted by Gasteiger charge is 2.10. The molecule has 0 aliphatic heterocycles.